The predicted octanol–water partition coefficient (Wildman–Crippen LogP) is 1.99. The topological polar surface area (TPSA) is 105 Å². The monoisotopic (exact) mass is 344 g/mol. The zero-order chi connectivity index (χ0) is 18.0. The van der Waals surface area contributed by atoms with Gasteiger partial charge < -0.3 is 19.9 Å². The zero-order valence-corrected chi connectivity index (χ0v) is 14.3. The van der Waals surface area contributed by atoms with Gasteiger partial charge in [0.2, 0.25) is 5.91 Å². The summed E-state index contributed by atoms with van der Waals surface area (Å²) in [7, 11) is 0. The Labute approximate surface area is 144 Å². The van der Waals surface area contributed by atoms with Gasteiger partial charge in [0.25, 0.3) is 5.91 Å². The van der Waals surface area contributed by atoms with E-state index in [1.807, 2.05) is 25.1 Å². The molecule has 0 bridgehead atoms. The average molecular weight is 344 g/mol. The van der Waals surface area contributed by atoms with Crippen LogP contribution in [-0.4, -0.2) is 29.6 Å². The summed E-state index contributed by atoms with van der Waals surface area (Å²) in [6.45, 7) is 5.49. The van der Waals surface area contributed by atoms with Gasteiger partial charge in [-0.25, -0.2) is 0 Å². The van der Waals surface area contributed by atoms with Crippen molar-refractivity contribution in [1.82, 2.24) is 10.5 Å². The standard InChI is InChI=1S/C17H20N4O4/c1-9-6-15(21-25-9)20-17(23)11(3)18-10(2)12-4-5-14-13(7-12)19-16(22)8-24-14/h4-7,10-11,18H,8H2,1-3H3,(H,19,22)(H,20,21,23)/t10-,11-/m0/s1. The molecule has 1 aromatic carbocycles. The molecule has 2 atom stereocenters. The number of carbonyl (C=O) groups excluding carboxylic acids is 2. The molecular weight excluding hydrogens is 324 g/mol. The molecule has 2 heterocycles. The quantitative estimate of drug-likeness (QED) is 0.766. The summed E-state index contributed by atoms with van der Waals surface area (Å²) in [6.07, 6.45) is 0. The van der Waals surface area contributed by atoms with Crippen molar-refractivity contribution >= 4 is 23.3 Å². The highest BCUT2D eigenvalue weighted by molar-refractivity contribution is 5.95. The fourth-order valence-electron chi connectivity index (χ4n) is 2.58. The van der Waals surface area contributed by atoms with Crippen LogP contribution in [0.15, 0.2) is 28.8 Å². The number of ether oxygens (including phenoxy) is 1. The van der Waals surface area contributed by atoms with Gasteiger partial charge >= 0.3 is 0 Å². The van der Waals surface area contributed by atoms with Crippen molar-refractivity contribution in [1.29, 1.82) is 0 Å². The van der Waals surface area contributed by atoms with Gasteiger partial charge in [0.1, 0.15) is 11.5 Å². The first-order chi connectivity index (χ1) is 11.9. The minimum Gasteiger partial charge on any atom is -0.482 e. The van der Waals surface area contributed by atoms with Crippen molar-refractivity contribution < 1.29 is 18.8 Å². The van der Waals surface area contributed by atoms with Crippen LogP contribution in [-0.2, 0) is 9.59 Å². The number of nitrogens with one attached hydrogen (secondary N) is 3. The summed E-state index contributed by atoms with van der Waals surface area (Å²) < 4.78 is 10.3. The van der Waals surface area contributed by atoms with E-state index in [9.17, 15) is 9.59 Å². The number of hydrogen-bond acceptors (Lipinski definition) is 6. The number of aromatic nitrogens is 1. The van der Waals surface area contributed by atoms with Crippen LogP contribution in [0.3, 0.4) is 0 Å². The van der Waals surface area contributed by atoms with Gasteiger partial charge in [-0.3, -0.25) is 14.9 Å². The second-order valence-electron chi connectivity index (χ2n) is 6.01. The fraction of sp³-hybridized carbons (Fsp3) is 0.353. The van der Waals surface area contributed by atoms with Crippen molar-refractivity contribution in [3.8, 4) is 5.75 Å². The Morgan fingerprint density at radius 1 is 1.32 bits per heavy atom. The Morgan fingerprint density at radius 2 is 2.12 bits per heavy atom. The van der Waals surface area contributed by atoms with E-state index in [1.165, 1.54) is 0 Å². The summed E-state index contributed by atoms with van der Waals surface area (Å²) in [5, 5.41) is 12.4. The highest BCUT2D eigenvalue weighted by Gasteiger charge is 2.20. The molecule has 1 aromatic heterocycles. The lowest BCUT2D eigenvalue weighted by Gasteiger charge is -2.22. The largest absolute Gasteiger partial charge is 0.482 e. The van der Waals surface area contributed by atoms with Gasteiger partial charge in [0, 0.05) is 12.1 Å². The summed E-state index contributed by atoms with van der Waals surface area (Å²) >= 11 is 0. The number of hydrogen-bond donors (Lipinski definition) is 3. The molecule has 2 aromatic rings. The van der Waals surface area contributed by atoms with E-state index in [1.54, 1.807) is 19.9 Å². The number of rotatable bonds is 5. The molecule has 8 nitrogen and oxygen atoms in total. The molecule has 0 saturated heterocycles. The maximum Gasteiger partial charge on any atom is 0.262 e. The van der Waals surface area contributed by atoms with Gasteiger partial charge in [-0.1, -0.05) is 11.2 Å². The molecule has 0 spiro atoms. The number of amides is 2. The molecule has 0 unspecified atom stereocenters. The molecule has 25 heavy (non-hydrogen) atoms. The number of nitrogens with zero attached hydrogens (tertiary/aromatic N) is 1. The highest BCUT2D eigenvalue weighted by Crippen LogP contribution is 2.30. The van der Waals surface area contributed by atoms with Gasteiger partial charge in [-0.15, -0.1) is 0 Å². The molecule has 0 saturated carbocycles. The van der Waals surface area contributed by atoms with Crippen LogP contribution < -0.4 is 20.7 Å². The number of aryl methyl sites for hydroxylation is 1. The van der Waals surface area contributed by atoms with E-state index >= 15 is 0 Å². The van der Waals surface area contributed by atoms with Crippen molar-refractivity contribution in [2.24, 2.45) is 0 Å². The van der Waals surface area contributed by atoms with Crippen LogP contribution in [0.2, 0.25) is 0 Å². The van der Waals surface area contributed by atoms with E-state index in [0.717, 1.165) is 5.56 Å². The van der Waals surface area contributed by atoms with Gasteiger partial charge in [0.15, 0.2) is 12.4 Å². The molecule has 0 radical (unpaired) electrons. The summed E-state index contributed by atoms with van der Waals surface area (Å²) in [6, 6.07) is 6.65. The molecule has 3 rings (SSSR count). The van der Waals surface area contributed by atoms with Crippen molar-refractivity contribution in [2.45, 2.75) is 32.9 Å². The normalized spacial score (nSPS) is 15.6. The first kappa shape index (κ1) is 17.0. The third-order valence-corrected chi connectivity index (χ3v) is 3.91. The molecule has 132 valence electrons. The van der Waals surface area contributed by atoms with Crippen molar-refractivity contribution in [2.75, 3.05) is 17.2 Å². The number of fused-ring (bicyclic) bond motifs is 1. The maximum absolute atomic E-state index is 12.2. The predicted molar refractivity (Wildman–Crippen MR) is 91.4 cm³/mol. The number of anilines is 2. The first-order valence-electron chi connectivity index (χ1n) is 7.99. The second-order valence-corrected chi connectivity index (χ2v) is 6.01. The minimum absolute atomic E-state index is 0.0267. The second kappa shape index (κ2) is 6.94. The molecule has 0 fully saturated rings. The van der Waals surface area contributed by atoms with E-state index in [-0.39, 0.29) is 24.5 Å². The summed E-state index contributed by atoms with van der Waals surface area (Å²) in [5.41, 5.74) is 1.57. The molecule has 1 aliphatic heterocycles. The number of carbonyl (C=O) groups is 2. The third kappa shape index (κ3) is 3.97. The molecule has 1 aliphatic rings. The molecule has 3 N–H and O–H groups in total. The third-order valence-electron chi connectivity index (χ3n) is 3.91. The Kier molecular flexibility index (Phi) is 4.71. The Bertz CT molecular complexity index is 802. The van der Waals surface area contributed by atoms with Crippen LogP contribution in [0.4, 0.5) is 11.5 Å². The summed E-state index contributed by atoms with van der Waals surface area (Å²) in [5.74, 6) is 1.26. The Hall–Kier alpha value is -2.87. The summed E-state index contributed by atoms with van der Waals surface area (Å²) in [4.78, 5) is 23.7. The number of benzene rings is 1. The van der Waals surface area contributed by atoms with E-state index < -0.39 is 6.04 Å². The van der Waals surface area contributed by atoms with Crippen LogP contribution >= 0.6 is 0 Å². The van der Waals surface area contributed by atoms with Gasteiger partial charge in [-0.2, -0.15) is 0 Å². The smallest absolute Gasteiger partial charge is 0.262 e. The lowest BCUT2D eigenvalue weighted by Crippen LogP contribution is -2.39. The van der Waals surface area contributed by atoms with Crippen molar-refractivity contribution in [3.63, 3.8) is 0 Å². The maximum atomic E-state index is 12.2. The average Bonchev–Trinajstić information content (AvgIpc) is 2.98. The molecule has 8 heteroatoms. The lowest BCUT2D eigenvalue weighted by atomic mass is 10.1. The van der Waals surface area contributed by atoms with Crippen molar-refractivity contribution in [3.05, 3.63) is 35.6 Å². The lowest BCUT2D eigenvalue weighted by molar-refractivity contribution is -0.119. The van der Waals surface area contributed by atoms with Gasteiger partial charge in [-0.05, 0) is 38.5 Å². The SMILES string of the molecule is Cc1cc(NC(=O)[C@H](C)N[C@@H](C)c2ccc3c(c2)NC(=O)CO3)no1. The Balaban J connectivity index is 1.63. The Morgan fingerprint density at radius 3 is 2.84 bits per heavy atom. The molecular formula is C17H20N4O4. The molecule has 2 amide bonds. The minimum atomic E-state index is -0.450. The first-order valence-corrected chi connectivity index (χ1v) is 7.99. The van der Waals surface area contributed by atoms with Crippen LogP contribution in [0.1, 0.15) is 31.2 Å². The zero-order valence-electron chi connectivity index (χ0n) is 14.3. The van der Waals surface area contributed by atoms with Crippen LogP contribution in [0.5, 0.6) is 5.75 Å². The van der Waals surface area contributed by atoms with Crippen LogP contribution in [0.25, 0.3) is 0 Å². The highest BCUT2D eigenvalue weighted by atomic mass is 16.5. The fourth-order valence-corrected chi connectivity index (χ4v) is 2.58. The van der Waals surface area contributed by atoms with Crippen LogP contribution in [0, 0.1) is 6.92 Å². The van der Waals surface area contributed by atoms with Gasteiger partial charge in [0.05, 0.1) is 11.7 Å². The molecule has 0 aliphatic carbocycles. The van der Waals surface area contributed by atoms with E-state index in [2.05, 4.69) is 21.1 Å². The van der Waals surface area contributed by atoms with E-state index in [4.69, 9.17) is 9.26 Å². The van der Waals surface area contributed by atoms with E-state index in [0.29, 0.717) is 23.0 Å².